The number of hydrogen-bond donors (Lipinski definition) is 2. The third kappa shape index (κ3) is 3.03. The Balaban J connectivity index is 2.53. The number of nitrogens with two attached hydrogens (primary N) is 1. The average molecular weight is 225 g/mol. The Morgan fingerprint density at radius 3 is 2.88 bits per heavy atom. The van der Waals surface area contributed by atoms with Gasteiger partial charge >= 0.3 is 0 Å². The first-order valence-corrected chi connectivity index (χ1v) is 5.41. The van der Waals surface area contributed by atoms with Crippen LogP contribution in [0.2, 0.25) is 0 Å². The number of aromatic nitrogens is 3. The molecule has 0 spiro atoms. The molecular weight excluding hydrogens is 206 g/mol. The van der Waals surface area contributed by atoms with Gasteiger partial charge in [-0.3, -0.25) is 9.89 Å². The smallest absolute Gasteiger partial charge is 0.239 e. The van der Waals surface area contributed by atoms with Crippen LogP contribution in [0.15, 0.2) is 6.33 Å². The Morgan fingerprint density at radius 1 is 1.69 bits per heavy atom. The van der Waals surface area contributed by atoms with Crippen molar-refractivity contribution in [3.63, 3.8) is 0 Å². The first-order chi connectivity index (χ1) is 7.56. The number of aromatic amines is 1. The lowest BCUT2D eigenvalue weighted by Gasteiger charge is -2.23. The van der Waals surface area contributed by atoms with Crippen molar-refractivity contribution >= 4 is 5.91 Å². The lowest BCUT2D eigenvalue weighted by Crippen LogP contribution is -2.45. The highest BCUT2D eigenvalue weighted by atomic mass is 16.2. The first-order valence-electron chi connectivity index (χ1n) is 5.41. The van der Waals surface area contributed by atoms with Gasteiger partial charge in [0, 0.05) is 7.05 Å². The molecule has 1 unspecified atom stereocenters. The maximum Gasteiger partial charge on any atom is 0.239 e. The molecule has 1 aromatic rings. The molecule has 90 valence electrons. The van der Waals surface area contributed by atoms with E-state index in [1.165, 1.54) is 6.33 Å². The van der Waals surface area contributed by atoms with Crippen molar-refractivity contribution in [1.82, 2.24) is 20.1 Å². The summed E-state index contributed by atoms with van der Waals surface area (Å²) in [6.07, 6.45) is 2.31. The molecule has 6 nitrogen and oxygen atoms in total. The van der Waals surface area contributed by atoms with Crippen LogP contribution in [0.1, 0.15) is 26.1 Å². The standard InChI is InChI=1S/C10H19N5O/c1-4-7(2)9(11)10(16)15(3)5-8-12-6-13-14-8/h6-7,9H,4-5,11H2,1-3H3,(H,12,13,14)/t7?,9-/m0/s1. The molecule has 1 aromatic heterocycles. The second-order valence-corrected chi connectivity index (χ2v) is 4.04. The van der Waals surface area contributed by atoms with Crippen LogP contribution in [0.3, 0.4) is 0 Å². The number of H-pyrrole nitrogens is 1. The molecule has 0 radical (unpaired) electrons. The summed E-state index contributed by atoms with van der Waals surface area (Å²) < 4.78 is 0. The predicted molar refractivity (Wildman–Crippen MR) is 60.3 cm³/mol. The lowest BCUT2D eigenvalue weighted by molar-refractivity contribution is -0.133. The van der Waals surface area contributed by atoms with Gasteiger partial charge in [0.05, 0.1) is 12.6 Å². The lowest BCUT2D eigenvalue weighted by atomic mass is 9.99. The van der Waals surface area contributed by atoms with E-state index in [9.17, 15) is 4.79 Å². The van der Waals surface area contributed by atoms with Gasteiger partial charge < -0.3 is 10.6 Å². The molecule has 1 heterocycles. The number of nitrogens with zero attached hydrogens (tertiary/aromatic N) is 3. The fraction of sp³-hybridized carbons (Fsp3) is 0.700. The van der Waals surface area contributed by atoms with Crippen LogP contribution in [0, 0.1) is 5.92 Å². The molecule has 16 heavy (non-hydrogen) atoms. The van der Waals surface area contributed by atoms with Crippen molar-refractivity contribution in [3.05, 3.63) is 12.2 Å². The van der Waals surface area contributed by atoms with Crippen molar-refractivity contribution in [2.75, 3.05) is 7.05 Å². The SMILES string of the molecule is CCC(C)[C@H](N)C(=O)N(C)Cc1ncn[nH]1. The number of amides is 1. The summed E-state index contributed by atoms with van der Waals surface area (Å²) in [7, 11) is 1.72. The van der Waals surface area contributed by atoms with Crippen LogP contribution in [0.25, 0.3) is 0 Å². The van der Waals surface area contributed by atoms with Gasteiger partial charge in [0.25, 0.3) is 0 Å². The van der Waals surface area contributed by atoms with Crippen molar-refractivity contribution < 1.29 is 4.79 Å². The van der Waals surface area contributed by atoms with Crippen LogP contribution in [0.5, 0.6) is 0 Å². The van der Waals surface area contributed by atoms with Gasteiger partial charge in [0.2, 0.25) is 5.91 Å². The molecule has 1 amide bonds. The Kier molecular flexibility index (Phi) is 4.42. The summed E-state index contributed by atoms with van der Waals surface area (Å²) in [5, 5.41) is 6.43. The number of hydrogen-bond acceptors (Lipinski definition) is 4. The molecule has 0 fully saturated rings. The largest absolute Gasteiger partial charge is 0.337 e. The Labute approximate surface area is 95.2 Å². The van der Waals surface area contributed by atoms with Gasteiger partial charge in [0.1, 0.15) is 12.2 Å². The fourth-order valence-electron chi connectivity index (χ4n) is 1.36. The molecule has 0 saturated heterocycles. The number of nitrogens with one attached hydrogen (secondary N) is 1. The van der Waals surface area contributed by atoms with Gasteiger partial charge in [-0.15, -0.1) is 0 Å². The van der Waals surface area contributed by atoms with Crippen molar-refractivity contribution in [2.45, 2.75) is 32.9 Å². The zero-order valence-electron chi connectivity index (χ0n) is 9.97. The third-order valence-electron chi connectivity index (χ3n) is 2.77. The van der Waals surface area contributed by atoms with Crippen LogP contribution >= 0.6 is 0 Å². The molecule has 0 aliphatic rings. The van der Waals surface area contributed by atoms with E-state index < -0.39 is 6.04 Å². The zero-order chi connectivity index (χ0) is 12.1. The molecular formula is C10H19N5O. The Hall–Kier alpha value is -1.43. The van der Waals surface area contributed by atoms with Crippen LogP contribution in [-0.4, -0.2) is 39.1 Å². The minimum Gasteiger partial charge on any atom is -0.337 e. The molecule has 3 N–H and O–H groups in total. The van der Waals surface area contributed by atoms with Gasteiger partial charge in [0.15, 0.2) is 0 Å². The molecule has 0 aromatic carbocycles. The van der Waals surface area contributed by atoms with E-state index in [2.05, 4.69) is 15.2 Å². The molecule has 0 bridgehead atoms. The summed E-state index contributed by atoms with van der Waals surface area (Å²) in [6, 6.07) is -0.446. The molecule has 0 aliphatic heterocycles. The predicted octanol–water partition coefficient (Wildman–Crippen LogP) is 0.137. The highest BCUT2D eigenvalue weighted by Crippen LogP contribution is 2.08. The number of carbonyl (C=O) groups is 1. The second kappa shape index (κ2) is 5.60. The van der Waals surface area contributed by atoms with E-state index in [1.807, 2.05) is 13.8 Å². The monoisotopic (exact) mass is 225 g/mol. The topological polar surface area (TPSA) is 87.9 Å². The normalized spacial score (nSPS) is 14.5. The quantitative estimate of drug-likeness (QED) is 0.746. The zero-order valence-corrected chi connectivity index (χ0v) is 9.97. The Bertz CT molecular complexity index is 324. The summed E-state index contributed by atoms with van der Waals surface area (Å²) in [4.78, 5) is 17.4. The highest BCUT2D eigenvalue weighted by Gasteiger charge is 2.23. The third-order valence-corrected chi connectivity index (χ3v) is 2.77. The number of likely N-dealkylation sites (N-methyl/N-ethyl adjacent to an activating group) is 1. The van der Waals surface area contributed by atoms with Gasteiger partial charge in [-0.1, -0.05) is 20.3 Å². The van der Waals surface area contributed by atoms with Gasteiger partial charge in [-0.05, 0) is 5.92 Å². The second-order valence-electron chi connectivity index (χ2n) is 4.04. The molecule has 0 aliphatic carbocycles. The summed E-state index contributed by atoms with van der Waals surface area (Å²) in [5.41, 5.74) is 5.86. The minimum atomic E-state index is -0.446. The average Bonchev–Trinajstić information content (AvgIpc) is 2.78. The number of rotatable bonds is 5. The van der Waals surface area contributed by atoms with E-state index in [0.29, 0.717) is 12.4 Å². The van der Waals surface area contributed by atoms with E-state index in [1.54, 1.807) is 11.9 Å². The van der Waals surface area contributed by atoms with Gasteiger partial charge in [-0.2, -0.15) is 5.10 Å². The first kappa shape index (κ1) is 12.6. The maximum absolute atomic E-state index is 11.9. The van der Waals surface area contributed by atoms with E-state index in [4.69, 9.17) is 5.73 Å². The van der Waals surface area contributed by atoms with Gasteiger partial charge in [-0.25, -0.2) is 4.98 Å². The van der Waals surface area contributed by atoms with E-state index in [-0.39, 0.29) is 11.8 Å². The summed E-state index contributed by atoms with van der Waals surface area (Å²) >= 11 is 0. The van der Waals surface area contributed by atoms with Crippen LogP contribution < -0.4 is 5.73 Å². The minimum absolute atomic E-state index is 0.0641. The highest BCUT2D eigenvalue weighted by molar-refractivity contribution is 5.81. The van der Waals surface area contributed by atoms with Crippen molar-refractivity contribution in [3.8, 4) is 0 Å². The summed E-state index contributed by atoms with van der Waals surface area (Å²) in [6.45, 7) is 4.40. The molecule has 0 saturated carbocycles. The maximum atomic E-state index is 11.9. The molecule has 2 atom stereocenters. The van der Waals surface area contributed by atoms with Crippen molar-refractivity contribution in [1.29, 1.82) is 0 Å². The van der Waals surface area contributed by atoms with Crippen LogP contribution in [-0.2, 0) is 11.3 Å². The number of carbonyl (C=O) groups excluding carboxylic acids is 1. The molecule has 6 heteroatoms. The Morgan fingerprint density at radius 2 is 2.38 bits per heavy atom. The molecule has 1 rings (SSSR count). The van der Waals surface area contributed by atoms with Crippen LogP contribution in [0.4, 0.5) is 0 Å². The summed E-state index contributed by atoms with van der Waals surface area (Å²) in [5.74, 6) is 0.780. The van der Waals surface area contributed by atoms with E-state index in [0.717, 1.165) is 6.42 Å². The van der Waals surface area contributed by atoms with Crippen molar-refractivity contribution in [2.24, 2.45) is 11.7 Å². The fourth-order valence-corrected chi connectivity index (χ4v) is 1.36. The van der Waals surface area contributed by atoms with E-state index >= 15 is 0 Å².